The molecule has 144 valence electrons. The van der Waals surface area contributed by atoms with E-state index < -0.39 is 0 Å². The summed E-state index contributed by atoms with van der Waals surface area (Å²) in [7, 11) is 0. The van der Waals surface area contributed by atoms with Gasteiger partial charge < -0.3 is 10.1 Å². The van der Waals surface area contributed by atoms with Crippen LogP contribution in [0.2, 0.25) is 0 Å². The van der Waals surface area contributed by atoms with E-state index in [1.54, 1.807) is 0 Å². The Morgan fingerprint density at radius 3 is 2.24 bits per heavy atom. The van der Waals surface area contributed by atoms with Crippen LogP contribution in [0, 0.1) is 0 Å². The topological polar surface area (TPSA) is 41.6 Å². The fraction of sp³-hybridized carbons (Fsp3) is 0.0833. The van der Waals surface area contributed by atoms with Crippen LogP contribution >= 0.6 is 12.2 Å². The van der Waals surface area contributed by atoms with Gasteiger partial charge in [-0.15, -0.1) is 0 Å². The zero-order chi connectivity index (χ0) is 20.2. The summed E-state index contributed by atoms with van der Waals surface area (Å²) in [6, 6.07) is 25.6. The molecule has 0 atom stereocenters. The fourth-order valence-corrected chi connectivity index (χ4v) is 3.50. The van der Waals surface area contributed by atoms with Gasteiger partial charge in [0.15, 0.2) is 5.11 Å². The highest BCUT2D eigenvalue weighted by molar-refractivity contribution is 7.80. The van der Waals surface area contributed by atoms with Gasteiger partial charge in [0.05, 0.1) is 12.3 Å². The Kier molecular flexibility index (Phi) is 5.40. The van der Waals surface area contributed by atoms with E-state index in [0.717, 1.165) is 22.4 Å². The Balaban J connectivity index is 1.54. The number of benzene rings is 3. The highest BCUT2D eigenvalue weighted by Crippen LogP contribution is 2.25. The molecule has 1 heterocycles. The fourth-order valence-electron chi connectivity index (χ4n) is 3.20. The highest BCUT2D eigenvalue weighted by atomic mass is 32.1. The van der Waals surface area contributed by atoms with E-state index in [4.69, 9.17) is 17.0 Å². The molecule has 3 aromatic rings. The van der Waals surface area contributed by atoms with E-state index in [2.05, 4.69) is 17.4 Å². The molecule has 0 unspecified atom stereocenters. The summed E-state index contributed by atoms with van der Waals surface area (Å²) < 4.78 is 5.46. The lowest BCUT2D eigenvalue weighted by atomic mass is 10.0. The number of nitrogens with zero attached hydrogens (tertiary/aromatic N) is 1. The Bertz CT molecular complexity index is 1060. The van der Waals surface area contributed by atoms with Gasteiger partial charge in [0.25, 0.3) is 5.91 Å². The van der Waals surface area contributed by atoms with Gasteiger partial charge in [-0.05, 0) is 66.2 Å². The van der Waals surface area contributed by atoms with Crippen molar-refractivity contribution in [3.8, 4) is 16.9 Å². The van der Waals surface area contributed by atoms with Crippen LogP contribution in [0.3, 0.4) is 0 Å². The maximum Gasteiger partial charge on any atom is 0.281 e. The number of ether oxygens (including phenoxy) is 1. The van der Waals surface area contributed by atoms with Gasteiger partial charge in [-0.2, -0.15) is 0 Å². The first-order valence-electron chi connectivity index (χ1n) is 9.41. The van der Waals surface area contributed by atoms with Crippen molar-refractivity contribution in [3.63, 3.8) is 0 Å². The van der Waals surface area contributed by atoms with Crippen molar-refractivity contribution < 1.29 is 9.53 Å². The van der Waals surface area contributed by atoms with Crippen LogP contribution in [-0.4, -0.2) is 17.6 Å². The molecule has 0 aliphatic carbocycles. The minimum Gasteiger partial charge on any atom is -0.494 e. The van der Waals surface area contributed by atoms with Crippen LogP contribution in [-0.2, 0) is 4.79 Å². The lowest BCUT2D eigenvalue weighted by Gasteiger charge is -2.14. The predicted octanol–water partition coefficient (Wildman–Crippen LogP) is 5.01. The Hall–Kier alpha value is -3.44. The van der Waals surface area contributed by atoms with Gasteiger partial charge in [0.2, 0.25) is 0 Å². The molecule has 1 amide bonds. The standard InChI is InChI=1S/C24H20N2O2S/c1-2-28-21-14-12-20(13-15-21)26-23(27)22(25-24(26)29)16-17-8-10-19(11-9-17)18-6-4-3-5-7-18/h3-16H,2H2,1H3,(H,25,29)/b22-16-. The molecule has 1 fully saturated rings. The number of thiocarbonyl (C=S) groups is 1. The lowest BCUT2D eigenvalue weighted by Crippen LogP contribution is -2.30. The average Bonchev–Trinajstić information content (AvgIpc) is 3.03. The number of rotatable bonds is 5. The first kappa shape index (κ1) is 18.9. The largest absolute Gasteiger partial charge is 0.494 e. The van der Waals surface area contributed by atoms with Gasteiger partial charge in [-0.1, -0.05) is 54.6 Å². The van der Waals surface area contributed by atoms with E-state index in [1.165, 1.54) is 4.90 Å². The third-order valence-electron chi connectivity index (χ3n) is 4.61. The number of hydrogen-bond acceptors (Lipinski definition) is 3. The molecule has 1 aliphatic rings. The van der Waals surface area contributed by atoms with Crippen molar-refractivity contribution in [2.24, 2.45) is 0 Å². The van der Waals surface area contributed by atoms with Crippen molar-refractivity contribution in [1.29, 1.82) is 0 Å². The average molecular weight is 401 g/mol. The molecule has 0 saturated carbocycles. The second kappa shape index (κ2) is 8.29. The summed E-state index contributed by atoms with van der Waals surface area (Å²) in [6.45, 7) is 2.53. The van der Waals surface area contributed by atoms with E-state index in [9.17, 15) is 4.79 Å². The molecule has 1 saturated heterocycles. The van der Waals surface area contributed by atoms with Crippen LogP contribution < -0.4 is 15.0 Å². The molecular weight excluding hydrogens is 380 g/mol. The molecule has 3 aromatic carbocycles. The third-order valence-corrected chi connectivity index (χ3v) is 4.90. The smallest absolute Gasteiger partial charge is 0.281 e. The van der Waals surface area contributed by atoms with E-state index in [1.807, 2.05) is 79.7 Å². The third kappa shape index (κ3) is 4.05. The highest BCUT2D eigenvalue weighted by Gasteiger charge is 2.31. The number of carbonyl (C=O) groups is 1. The molecule has 5 heteroatoms. The van der Waals surface area contributed by atoms with E-state index >= 15 is 0 Å². The molecule has 1 aliphatic heterocycles. The zero-order valence-electron chi connectivity index (χ0n) is 16.0. The predicted molar refractivity (Wildman–Crippen MR) is 121 cm³/mol. The molecule has 0 spiro atoms. The quantitative estimate of drug-likeness (QED) is 0.483. The summed E-state index contributed by atoms with van der Waals surface area (Å²) in [6.07, 6.45) is 1.82. The minimum absolute atomic E-state index is 0.175. The van der Waals surface area contributed by atoms with Crippen molar-refractivity contribution in [3.05, 3.63) is 90.1 Å². The SMILES string of the molecule is CCOc1ccc(N2C(=O)/C(=C/c3ccc(-c4ccccc4)cc3)NC2=S)cc1. The molecule has 0 radical (unpaired) electrons. The van der Waals surface area contributed by atoms with Crippen LogP contribution in [0.1, 0.15) is 12.5 Å². The van der Waals surface area contributed by atoms with Crippen molar-refractivity contribution >= 4 is 35.0 Å². The summed E-state index contributed by atoms with van der Waals surface area (Å²) in [5.41, 5.74) is 4.38. The minimum atomic E-state index is -0.175. The van der Waals surface area contributed by atoms with Crippen molar-refractivity contribution in [1.82, 2.24) is 5.32 Å². The Morgan fingerprint density at radius 2 is 1.59 bits per heavy atom. The molecule has 4 nitrogen and oxygen atoms in total. The van der Waals surface area contributed by atoms with Crippen molar-refractivity contribution in [2.75, 3.05) is 11.5 Å². The number of amides is 1. The molecular formula is C24H20N2O2S. The first-order chi connectivity index (χ1) is 14.2. The molecule has 29 heavy (non-hydrogen) atoms. The van der Waals surface area contributed by atoms with Gasteiger partial charge >= 0.3 is 0 Å². The number of anilines is 1. The first-order valence-corrected chi connectivity index (χ1v) is 9.82. The number of carbonyl (C=O) groups excluding carboxylic acids is 1. The van der Waals surface area contributed by atoms with Crippen LogP contribution in [0.15, 0.2) is 84.6 Å². The zero-order valence-corrected chi connectivity index (χ0v) is 16.8. The van der Waals surface area contributed by atoms with Gasteiger partial charge in [0, 0.05) is 0 Å². The molecule has 1 N–H and O–H groups in total. The van der Waals surface area contributed by atoms with Gasteiger partial charge in [0.1, 0.15) is 11.4 Å². The monoisotopic (exact) mass is 400 g/mol. The lowest BCUT2D eigenvalue weighted by molar-refractivity contribution is -0.113. The summed E-state index contributed by atoms with van der Waals surface area (Å²) in [5.74, 6) is 0.586. The Morgan fingerprint density at radius 1 is 0.931 bits per heavy atom. The maximum absolute atomic E-state index is 12.9. The van der Waals surface area contributed by atoms with Gasteiger partial charge in [-0.25, -0.2) is 0 Å². The second-order valence-electron chi connectivity index (χ2n) is 6.54. The second-order valence-corrected chi connectivity index (χ2v) is 6.93. The summed E-state index contributed by atoms with van der Waals surface area (Å²) in [4.78, 5) is 14.4. The van der Waals surface area contributed by atoms with Crippen LogP contribution in [0.5, 0.6) is 5.75 Å². The maximum atomic E-state index is 12.9. The van der Waals surface area contributed by atoms with E-state index in [-0.39, 0.29) is 5.91 Å². The summed E-state index contributed by atoms with van der Waals surface area (Å²) >= 11 is 5.38. The van der Waals surface area contributed by atoms with Gasteiger partial charge in [-0.3, -0.25) is 9.69 Å². The molecule has 0 aromatic heterocycles. The van der Waals surface area contributed by atoms with Crippen molar-refractivity contribution in [2.45, 2.75) is 6.92 Å². The normalized spacial score (nSPS) is 14.9. The number of nitrogens with one attached hydrogen (secondary N) is 1. The van der Waals surface area contributed by atoms with Crippen LogP contribution in [0.4, 0.5) is 5.69 Å². The summed E-state index contributed by atoms with van der Waals surface area (Å²) in [5, 5.41) is 3.39. The van der Waals surface area contributed by atoms with E-state index in [0.29, 0.717) is 23.1 Å². The number of hydrogen-bond donors (Lipinski definition) is 1. The molecule has 0 bridgehead atoms. The Labute approximate surface area is 175 Å². The van der Waals surface area contributed by atoms with Crippen LogP contribution in [0.25, 0.3) is 17.2 Å². The molecule has 4 rings (SSSR count).